The highest BCUT2D eigenvalue weighted by Crippen LogP contribution is 2.12. The zero-order valence-corrected chi connectivity index (χ0v) is 8.76. The summed E-state index contributed by atoms with van der Waals surface area (Å²) < 4.78 is 1.85. The molecule has 0 aromatic rings. The third kappa shape index (κ3) is 3.04. The van der Waals surface area contributed by atoms with Gasteiger partial charge < -0.3 is 0 Å². The predicted molar refractivity (Wildman–Crippen MR) is 50.0 cm³/mol. The largest absolute Gasteiger partial charge is 0.278 e. The number of quaternary nitrogens is 2. The summed E-state index contributed by atoms with van der Waals surface area (Å²) in [5.41, 5.74) is 0. The molecule has 0 unspecified atom stereocenters. The minimum atomic E-state index is 0.454. The number of rotatable bonds is 3. The summed E-state index contributed by atoms with van der Waals surface area (Å²) in [6.07, 6.45) is 2.48. The lowest BCUT2D eigenvalue weighted by Gasteiger charge is -2.40. The highest BCUT2D eigenvalue weighted by Gasteiger charge is 2.32. The summed E-state index contributed by atoms with van der Waals surface area (Å²) in [6, 6.07) is 0. The third-order valence-electron chi connectivity index (χ3n) is 1.80. The van der Waals surface area contributed by atoms with Crippen LogP contribution in [-0.2, 0) is 0 Å². The summed E-state index contributed by atoms with van der Waals surface area (Å²) in [6.45, 7) is 3.86. The van der Waals surface area contributed by atoms with E-state index in [0.717, 1.165) is 8.97 Å². The van der Waals surface area contributed by atoms with Crippen molar-refractivity contribution in [3.63, 3.8) is 0 Å². The van der Waals surface area contributed by atoms with Gasteiger partial charge in [-0.3, -0.25) is 8.97 Å². The molecule has 0 spiro atoms. The van der Waals surface area contributed by atoms with E-state index in [9.17, 15) is 0 Å². The van der Waals surface area contributed by atoms with E-state index in [1.54, 1.807) is 0 Å². The number of nitrogens with zero attached hydrogens (tertiary/aromatic N) is 2. The molecule has 0 fully saturated rings. The summed E-state index contributed by atoms with van der Waals surface area (Å²) in [5.74, 6) is 0. The fourth-order valence-electron chi connectivity index (χ4n) is 1.67. The monoisotopic (exact) mass is 158 g/mol. The van der Waals surface area contributed by atoms with Gasteiger partial charge >= 0.3 is 0 Å². The molecule has 0 N–H and O–H groups in total. The van der Waals surface area contributed by atoms with Gasteiger partial charge in [0.1, 0.15) is 0 Å². The van der Waals surface area contributed by atoms with Gasteiger partial charge in [-0.25, -0.2) is 0 Å². The van der Waals surface area contributed by atoms with E-state index < -0.39 is 0 Å². The van der Waals surface area contributed by atoms with Crippen molar-refractivity contribution in [2.45, 2.75) is 6.17 Å². The molecule has 0 saturated heterocycles. The van der Waals surface area contributed by atoms with Gasteiger partial charge in [-0.05, 0) is 0 Å². The SMILES string of the molecule is C=CC([N+](C)(C)C)[N+](C)(C)C. The molecule has 11 heavy (non-hydrogen) atoms. The second-order valence-electron chi connectivity index (χ2n) is 4.88. The third-order valence-corrected chi connectivity index (χ3v) is 1.80. The van der Waals surface area contributed by atoms with Crippen LogP contribution >= 0.6 is 0 Å². The van der Waals surface area contributed by atoms with E-state index >= 15 is 0 Å². The van der Waals surface area contributed by atoms with Gasteiger partial charge in [0.2, 0.25) is 6.17 Å². The van der Waals surface area contributed by atoms with E-state index in [1.807, 2.05) is 6.08 Å². The summed E-state index contributed by atoms with van der Waals surface area (Å²) in [4.78, 5) is 0. The average Bonchev–Trinajstić information content (AvgIpc) is 1.56. The van der Waals surface area contributed by atoms with Crippen molar-refractivity contribution < 1.29 is 8.97 Å². The normalized spacial score (nSPS) is 13.7. The van der Waals surface area contributed by atoms with Gasteiger partial charge in [0.05, 0.1) is 42.3 Å². The maximum absolute atomic E-state index is 3.86. The Morgan fingerprint density at radius 1 is 0.909 bits per heavy atom. The second kappa shape index (κ2) is 2.95. The topological polar surface area (TPSA) is 0 Å². The summed E-state index contributed by atoms with van der Waals surface area (Å²) in [7, 11) is 13.1. The minimum Gasteiger partial charge on any atom is -0.278 e. The standard InChI is InChI=1S/C9H22N2/c1-8-9(10(2,3)4)11(5,6)7/h8-9H,1H2,2-7H3/q+2. The molecule has 0 aliphatic rings. The van der Waals surface area contributed by atoms with Crippen molar-refractivity contribution in [1.29, 1.82) is 0 Å². The molecule has 0 aliphatic carbocycles. The van der Waals surface area contributed by atoms with Gasteiger partial charge in [-0.15, -0.1) is 0 Å². The molecule has 0 heterocycles. The fraction of sp³-hybridized carbons (Fsp3) is 0.778. The fourth-order valence-corrected chi connectivity index (χ4v) is 1.67. The summed E-state index contributed by atoms with van der Waals surface area (Å²) >= 11 is 0. The molecule has 0 aromatic carbocycles. The highest BCUT2D eigenvalue weighted by molar-refractivity contribution is 4.71. The van der Waals surface area contributed by atoms with E-state index in [0.29, 0.717) is 6.17 Å². The maximum Gasteiger partial charge on any atom is 0.234 e. The minimum absolute atomic E-state index is 0.454. The van der Waals surface area contributed by atoms with Crippen LogP contribution in [0.15, 0.2) is 12.7 Å². The van der Waals surface area contributed by atoms with Crippen LogP contribution in [0.4, 0.5) is 0 Å². The second-order valence-corrected chi connectivity index (χ2v) is 4.88. The van der Waals surface area contributed by atoms with Crippen LogP contribution < -0.4 is 0 Å². The first-order valence-corrected chi connectivity index (χ1v) is 3.94. The molecule has 0 radical (unpaired) electrons. The Hall–Kier alpha value is -0.340. The zero-order valence-electron chi connectivity index (χ0n) is 8.76. The number of hydrogen-bond acceptors (Lipinski definition) is 0. The first-order valence-electron chi connectivity index (χ1n) is 3.94. The molecule has 0 aromatic heterocycles. The predicted octanol–water partition coefficient (Wildman–Crippen LogP) is 0.911. The average molecular weight is 158 g/mol. The highest BCUT2D eigenvalue weighted by atomic mass is 15.5. The van der Waals surface area contributed by atoms with Crippen LogP contribution in [0, 0.1) is 0 Å². The van der Waals surface area contributed by atoms with Gasteiger partial charge in [-0.1, -0.05) is 6.58 Å². The molecule has 0 amide bonds. The maximum atomic E-state index is 3.86. The van der Waals surface area contributed by atoms with Crippen LogP contribution in [0.5, 0.6) is 0 Å². The van der Waals surface area contributed by atoms with Crippen molar-refractivity contribution in [3.8, 4) is 0 Å². The lowest BCUT2D eigenvalue weighted by Crippen LogP contribution is -2.59. The molecule has 0 aliphatic heterocycles. The quantitative estimate of drug-likeness (QED) is 0.325. The Labute approximate surface area is 70.9 Å². The van der Waals surface area contributed by atoms with Crippen molar-refractivity contribution >= 4 is 0 Å². The molecular formula is C9H22N2+2. The van der Waals surface area contributed by atoms with Crippen LogP contribution in [0.25, 0.3) is 0 Å². The van der Waals surface area contributed by atoms with Crippen molar-refractivity contribution in [2.75, 3.05) is 42.3 Å². The Morgan fingerprint density at radius 3 is 1.18 bits per heavy atom. The van der Waals surface area contributed by atoms with E-state index in [-0.39, 0.29) is 0 Å². The van der Waals surface area contributed by atoms with Crippen molar-refractivity contribution in [2.24, 2.45) is 0 Å². The Kier molecular flexibility index (Phi) is 2.86. The van der Waals surface area contributed by atoms with Crippen molar-refractivity contribution in [3.05, 3.63) is 12.7 Å². The van der Waals surface area contributed by atoms with Gasteiger partial charge in [0.25, 0.3) is 0 Å². The smallest absolute Gasteiger partial charge is 0.234 e. The van der Waals surface area contributed by atoms with Gasteiger partial charge in [0.15, 0.2) is 0 Å². The molecule has 0 atom stereocenters. The van der Waals surface area contributed by atoms with E-state index in [4.69, 9.17) is 0 Å². The lowest BCUT2D eigenvalue weighted by atomic mass is 10.3. The zero-order chi connectivity index (χ0) is 9.28. The molecule has 0 rings (SSSR count). The van der Waals surface area contributed by atoms with Crippen molar-refractivity contribution in [1.82, 2.24) is 0 Å². The van der Waals surface area contributed by atoms with E-state index in [2.05, 4.69) is 48.9 Å². The first-order chi connectivity index (χ1) is 4.69. The van der Waals surface area contributed by atoms with Crippen LogP contribution in [0.2, 0.25) is 0 Å². The molecular weight excluding hydrogens is 136 g/mol. The van der Waals surface area contributed by atoms with E-state index in [1.165, 1.54) is 0 Å². The Balaban J connectivity index is 4.56. The summed E-state index contributed by atoms with van der Waals surface area (Å²) in [5, 5.41) is 0. The van der Waals surface area contributed by atoms with Crippen LogP contribution in [0.3, 0.4) is 0 Å². The Bertz CT molecular complexity index is 123. The Morgan fingerprint density at radius 2 is 1.18 bits per heavy atom. The number of likely N-dealkylation sites (N-methyl/N-ethyl adjacent to an activating group) is 2. The number of hydrogen-bond donors (Lipinski definition) is 0. The molecule has 2 heteroatoms. The van der Waals surface area contributed by atoms with Crippen LogP contribution in [0.1, 0.15) is 0 Å². The molecule has 0 bridgehead atoms. The van der Waals surface area contributed by atoms with Crippen LogP contribution in [-0.4, -0.2) is 57.4 Å². The first kappa shape index (κ1) is 10.7. The molecule has 2 nitrogen and oxygen atoms in total. The van der Waals surface area contributed by atoms with Gasteiger partial charge in [0, 0.05) is 6.08 Å². The molecule has 0 saturated carbocycles. The van der Waals surface area contributed by atoms with Gasteiger partial charge in [-0.2, -0.15) is 0 Å². The molecule has 66 valence electrons. The lowest BCUT2D eigenvalue weighted by molar-refractivity contribution is -1.08.